The minimum Gasteiger partial charge on any atom is -0.489 e. The molecule has 2 aliphatic carbocycles. The summed E-state index contributed by atoms with van der Waals surface area (Å²) in [5.41, 5.74) is 2.72. The van der Waals surface area contributed by atoms with Gasteiger partial charge >= 0.3 is 12.0 Å². The second kappa shape index (κ2) is 9.47. The van der Waals surface area contributed by atoms with E-state index >= 15 is 0 Å². The van der Waals surface area contributed by atoms with E-state index in [1.54, 1.807) is 24.0 Å². The fourth-order valence-corrected chi connectivity index (χ4v) is 5.30. The largest absolute Gasteiger partial charge is 0.489 e. The van der Waals surface area contributed by atoms with Gasteiger partial charge in [-0.3, -0.25) is 4.79 Å². The molecule has 5 rings (SSSR count). The lowest BCUT2D eigenvalue weighted by atomic mass is 9.92. The molecule has 0 aromatic carbocycles. The van der Waals surface area contributed by atoms with Gasteiger partial charge in [0.25, 0.3) is 0 Å². The van der Waals surface area contributed by atoms with E-state index in [4.69, 9.17) is 19.2 Å². The number of fused-ring (bicyclic) bond motifs is 1. The van der Waals surface area contributed by atoms with E-state index < -0.39 is 5.97 Å². The summed E-state index contributed by atoms with van der Waals surface area (Å²) in [6, 6.07) is 5.58. The van der Waals surface area contributed by atoms with Crippen molar-refractivity contribution in [3.05, 3.63) is 35.8 Å². The van der Waals surface area contributed by atoms with Gasteiger partial charge in [-0.05, 0) is 56.6 Å². The fraction of sp³-hybridized carbons (Fsp3) is 0.500. The number of pyridine rings is 1. The monoisotopic (exact) mass is 480 g/mol. The molecular weight excluding hydrogens is 452 g/mol. The average Bonchev–Trinajstić information content (AvgIpc) is 3.53. The summed E-state index contributed by atoms with van der Waals surface area (Å²) < 4.78 is 18.8. The summed E-state index contributed by atoms with van der Waals surface area (Å²) in [5.74, 6) is 0.842. The Kier molecular flexibility index (Phi) is 6.23. The van der Waals surface area contributed by atoms with Crippen molar-refractivity contribution in [1.82, 2.24) is 29.9 Å². The van der Waals surface area contributed by atoms with E-state index in [9.17, 15) is 9.90 Å². The predicted octanol–water partition coefficient (Wildman–Crippen LogP) is 2.83. The first-order valence-electron chi connectivity index (χ1n) is 11.7. The summed E-state index contributed by atoms with van der Waals surface area (Å²) in [4.78, 5) is 24.5. The molecule has 0 spiro atoms. The minimum atomic E-state index is -0.679. The Bertz CT molecular complexity index is 1230. The van der Waals surface area contributed by atoms with Crippen LogP contribution in [0.4, 0.5) is 0 Å². The van der Waals surface area contributed by atoms with Crippen molar-refractivity contribution in [2.24, 2.45) is 24.8 Å². The number of aliphatic carboxylic acids is 1. The summed E-state index contributed by atoms with van der Waals surface area (Å²) in [7, 11) is 3.31. The van der Waals surface area contributed by atoms with Gasteiger partial charge in [-0.1, -0.05) is 5.21 Å². The standard InChI is InChI=1S/C24H28N6O5/c1-13-20(35-15-10-14-4-5-16(23(31)32)17(14)11-15)7-6-18(26-13)22-19(30(2)29-28-22)12-34-24-25-9-8-21(27-24)33-3/h6-9,14-17H,4-5,10-12H2,1-3H3,(H,31,32)/t14-,15-,16-,17+/m0/s1. The number of carboxylic acid groups (broad SMARTS) is 1. The minimum absolute atomic E-state index is 0.0156. The number of nitrogens with zero attached hydrogens (tertiary/aromatic N) is 6. The molecular formula is C24H28N6O5. The zero-order chi connectivity index (χ0) is 24.5. The van der Waals surface area contributed by atoms with Crippen molar-refractivity contribution >= 4 is 5.97 Å². The first-order chi connectivity index (χ1) is 16.9. The Morgan fingerprint density at radius 1 is 1.20 bits per heavy atom. The molecule has 3 heterocycles. The molecule has 0 radical (unpaired) electrons. The Balaban J connectivity index is 1.28. The van der Waals surface area contributed by atoms with Gasteiger partial charge in [0.15, 0.2) is 0 Å². The third-order valence-electron chi connectivity index (χ3n) is 7.06. The number of aromatic nitrogens is 6. The molecule has 0 unspecified atom stereocenters. The highest BCUT2D eigenvalue weighted by molar-refractivity contribution is 5.71. The molecule has 35 heavy (non-hydrogen) atoms. The smallest absolute Gasteiger partial charge is 0.320 e. The number of hydrogen-bond acceptors (Lipinski definition) is 9. The van der Waals surface area contributed by atoms with Gasteiger partial charge in [-0.25, -0.2) is 14.6 Å². The molecule has 0 saturated heterocycles. The van der Waals surface area contributed by atoms with Crippen LogP contribution in [-0.2, 0) is 18.4 Å². The molecule has 184 valence electrons. The van der Waals surface area contributed by atoms with E-state index in [-0.39, 0.29) is 30.6 Å². The maximum atomic E-state index is 11.5. The Morgan fingerprint density at radius 3 is 2.83 bits per heavy atom. The van der Waals surface area contributed by atoms with E-state index in [1.165, 1.54) is 7.11 Å². The van der Waals surface area contributed by atoms with Crippen molar-refractivity contribution in [2.45, 2.75) is 45.3 Å². The third kappa shape index (κ3) is 4.62. The first kappa shape index (κ1) is 23.0. The number of carboxylic acids is 1. The fourth-order valence-electron chi connectivity index (χ4n) is 5.30. The first-order valence-corrected chi connectivity index (χ1v) is 11.7. The molecule has 11 heteroatoms. The van der Waals surface area contributed by atoms with Crippen molar-refractivity contribution in [3.63, 3.8) is 0 Å². The summed E-state index contributed by atoms with van der Waals surface area (Å²) in [6.45, 7) is 2.05. The summed E-state index contributed by atoms with van der Waals surface area (Å²) in [5, 5.41) is 17.9. The zero-order valence-corrected chi connectivity index (χ0v) is 19.9. The van der Waals surface area contributed by atoms with Crippen molar-refractivity contribution in [1.29, 1.82) is 0 Å². The van der Waals surface area contributed by atoms with Crippen LogP contribution in [0.3, 0.4) is 0 Å². The summed E-state index contributed by atoms with van der Waals surface area (Å²) >= 11 is 0. The van der Waals surface area contributed by atoms with Crippen LogP contribution in [0.1, 0.15) is 37.1 Å². The molecule has 3 aromatic rings. The number of ether oxygens (including phenoxy) is 3. The maximum absolute atomic E-state index is 11.5. The second-order valence-corrected chi connectivity index (χ2v) is 9.12. The highest BCUT2D eigenvalue weighted by Gasteiger charge is 2.47. The van der Waals surface area contributed by atoms with Gasteiger partial charge < -0.3 is 19.3 Å². The molecule has 0 aliphatic heterocycles. The van der Waals surface area contributed by atoms with Gasteiger partial charge in [-0.2, -0.15) is 4.98 Å². The maximum Gasteiger partial charge on any atom is 0.320 e. The van der Waals surface area contributed by atoms with Crippen LogP contribution in [0.15, 0.2) is 24.4 Å². The van der Waals surface area contributed by atoms with Crippen molar-refractivity contribution in [3.8, 4) is 29.0 Å². The van der Waals surface area contributed by atoms with E-state index in [1.807, 2.05) is 19.1 Å². The van der Waals surface area contributed by atoms with Gasteiger partial charge in [0, 0.05) is 19.3 Å². The van der Waals surface area contributed by atoms with Crippen molar-refractivity contribution < 1.29 is 24.1 Å². The average molecular weight is 481 g/mol. The van der Waals surface area contributed by atoms with Crippen LogP contribution in [0, 0.1) is 24.7 Å². The van der Waals surface area contributed by atoms with Gasteiger partial charge in [-0.15, -0.1) is 5.10 Å². The molecule has 2 aliphatic rings. The number of aryl methyl sites for hydroxylation is 2. The zero-order valence-electron chi connectivity index (χ0n) is 19.9. The number of rotatable bonds is 8. The van der Waals surface area contributed by atoms with E-state index in [0.717, 1.165) is 37.1 Å². The number of hydrogen-bond donors (Lipinski definition) is 1. The third-order valence-corrected chi connectivity index (χ3v) is 7.06. The Hall–Kier alpha value is -3.76. The van der Waals surface area contributed by atoms with E-state index in [0.29, 0.717) is 28.9 Å². The molecule has 11 nitrogen and oxygen atoms in total. The highest BCUT2D eigenvalue weighted by Crippen LogP contribution is 2.48. The number of carbonyl (C=O) groups is 1. The lowest BCUT2D eigenvalue weighted by molar-refractivity contribution is -0.143. The van der Waals surface area contributed by atoms with Crippen molar-refractivity contribution in [2.75, 3.05) is 7.11 Å². The molecule has 2 saturated carbocycles. The van der Waals surface area contributed by atoms with Crippen LogP contribution in [-0.4, -0.2) is 54.2 Å². The number of methoxy groups -OCH3 is 1. The Morgan fingerprint density at radius 2 is 2.06 bits per heavy atom. The Labute approximate surface area is 202 Å². The summed E-state index contributed by atoms with van der Waals surface area (Å²) in [6.07, 6.45) is 5.00. The van der Waals surface area contributed by atoms with Gasteiger partial charge in [0.2, 0.25) is 5.88 Å². The van der Waals surface area contributed by atoms with Crippen LogP contribution in [0.2, 0.25) is 0 Å². The SMILES string of the molecule is COc1ccnc(OCc2c(-c3ccc(O[C@H]4C[C@@H]5CC[C@H](C(=O)O)[C@@H]5C4)c(C)n3)nnn2C)n1. The quantitative estimate of drug-likeness (QED) is 0.513. The molecule has 0 amide bonds. The normalized spacial score (nSPS) is 23.2. The lowest BCUT2D eigenvalue weighted by Crippen LogP contribution is -2.21. The van der Waals surface area contributed by atoms with E-state index in [2.05, 4.69) is 20.3 Å². The topological polar surface area (TPSA) is 134 Å². The molecule has 1 N–H and O–H groups in total. The predicted molar refractivity (Wildman–Crippen MR) is 123 cm³/mol. The molecule has 4 atom stereocenters. The second-order valence-electron chi connectivity index (χ2n) is 9.12. The molecule has 0 bridgehead atoms. The lowest BCUT2D eigenvalue weighted by Gasteiger charge is -2.18. The van der Waals surface area contributed by atoms with Gasteiger partial charge in [0.1, 0.15) is 23.7 Å². The highest BCUT2D eigenvalue weighted by atomic mass is 16.5. The van der Waals surface area contributed by atoms with Crippen LogP contribution < -0.4 is 14.2 Å². The van der Waals surface area contributed by atoms with Crippen LogP contribution in [0.5, 0.6) is 17.6 Å². The van der Waals surface area contributed by atoms with Crippen LogP contribution in [0.25, 0.3) is 11.4 Å². The molecule has 2 fully saturated rings. The molecule has 3 aromatic heterocycles. The van der Waals surface area contributed by atoms with Gasteiger partial charge in [0.05, 0.1) is 30.5 Å². The van der Waals surface area contributed by atoms with Crippen LogP contribution >= 0.6 is 0 Å².